The average molecular weight is 251 g/mol. The number of nitrogens with one attached hydrogen (secondary N) is 2. The minimum atomic E-state index is -0.445. The lowest BCUT2D eigenvalue weighted by Crippen LogP contribution is -2.40. The summed E-state index contributed by atoms with van der Waals surface area (Å²) >= 11 is 0. The SMILES string of the molecule is Nc1cccc(CNC(=O)C2CCCNC2)c1F. The molecule has 0 bridgehead atoms. The van der Waals surface area contributed by atoms with E-state index in [0.717, 1.165) is 19.4 Å². The van der Waals surface area contributed by atoms with Gasteiger partial charge in [0.2, 0.25) is 5.91 Å². The monoisotopic (exact) mass is 251 g/mol. The molecule has 1 saturated heterocycles. The Bertz CT molecular complexity index is 430. The number of piperidine rings is 1. The Morgan fingerprint density at radius 1 is 1.56 bits per heavy atom. The largest absolute Gasteiger partial charge is 0.396 e. The predicted molar refractivity (Wildman–Crippen MR) is 68.3 cm³/mol. The van der Waals surface area contributed by atoms with E-state index < -0.39 is 5.82 Å². The molecule has 1 aromatic rings. The normalized spacial score (nSPS) is 19.5. The van der Waals surface area contributed by atoms with E-state index >= 15 is 0 Å². The molecule has 2 rings (SSSR count). The summed E-state index contributed by atoms with van der Waals surface area (Å²) < 4.78 is 13.6. The molecule has 5 heteroatoms. The highest BCUT2D eigenvalue weighted by Crippen LogP contribution is 2.15. The first-order valence-electron chi connectivity index (χ1n) is 6.20. The molecule has 4 N–H and O–H groups in total. The van der Waals surface area contributed by atoms with Gasteiger partial charge in [0, 0.05) is 18.7 Å². The van der Waals surface area contributed by atoms with Crippen molar-refractivity contribution in [1.82, 2.24) is 10.6 Å². The molecular weight excluding hydrogens is 233 g/mol. The maximum Gasteiger partial charge on any atom is 0.224 e. The number of halogens is 1. The third-order valence-electron chi connectivity index (χ3n) is 3.23. The summed E-state index contributed by atoms with van der Waals surface area (Å²) in [4.78, 5) is 11.9. The molecule has 1 amide bonds. The van der Waals surface area contributed by atoms with Crippen molar-refractivity contribution in [3.8, 4) is 0 Å². The van der Waals surface area contributed by atoms with Crippen molar-refractivity contribution in [3.05, 3.63) is 29.6 Å². The summed E-state index contributed by atoms with van der Waals surface area (Å²) in [7, 11) is 0. The van der Waals surface area contributed by atoms with Crippen LogP contribution in [0.4, 0.5) is 10.1 Å². The number of nitrogens with two attached hydrogens (primary N) is 1. The molecule has 0 radical (unpaired) electrons. The highest BCUT2D eigenvalue weighted by molar-refractivity contribution is 5.79. The van der Waals surface area contributed by atoms with Gasteiger partial charge in [-0.2, -0.15) is 0 Å². The average Bonchev–Trinajstić information content (AvgIpc) is 2.41. The third-order valence-corrected chi connectivity index (χ3v) is 3.23. The molecule has 1 unspecified atom stereocenters. The van der Waals surface area contributed by atoms with Crippen LogP contribution in [0.25, 0.3) is 0 Å². The zero-order chi connectivity index (χ0) is 13.0. The van der Waals surface area contributed by atoms with Crippen molar-refractivity contribution in [2.75, 3.05) is 18.8 Å². The fraction of sp³-hybridized carbons (Fsp3) is 0.462. The van der Waals surface area contributed by atoms with E-state index in [9.17, 15) is 9.18 Å². The Labute approximate surface area is 106 Å². The summed E-state index contributed by atoms with van der Waals surface area (Å²) in [5.41, 5.74) is 6.01. The minimum Gasteiger partial charge on any atom is -0.396 e. The maximum atomic E-state index is 13.6. The molecule has 0 aliphatic carbocycles. The van der Waals surface area contributed by atoms with E-state index in [1.807, 2.05) is 0 Å². The molecule has 1 atom stereocenters. The lowest BCUT2D eigenvalue weighted by Gasteiger charge is -2.22. The molecule has 0 spiro atoms. The highest BCUT2D eigenvalue weighted by atomic mass is 19.1. The molecule has 0 aromatic heterocycles. The number of nitrogen functional groups attached to an aromatic ring is 1. The summed E-state index contributed by atoms with van der Waals surface area (Å²) in [5.74, 6) is -0.480. The van der Waals surface area contributed by atoms with Crippen molar-refractivity contribution < 1.29 is 9.18 Å². The van der Waals surface area contributed by atoms with E-state index in [1.165, 1.54) is 6.07 Å². The van der Waals surface area contributed by atoms with Crippen LogP contribution in [0.15, 0.2) is 18.2 Å². The summed E-state index contributed by atoms with van der Waals surface area (Å²) in [6.45, 7) is 1.85. The molecule has 1 aliphatic rings. The summed E-state index contributed by atoms with van der Waals surface area (Å²) in [6, 6.07) is 4.82. The van der Waals surface area contributed by atoms with Gasteiger partial charge in [-0.25, -0.2) is 4.39 Å². The van der Waals surface area contributed by atoms with Crippen molar-refractivity contribution in [3.63, 3.8) is 0 Å². The first kappa shape index (κ1) is 12.8. The van der Waals surface area contributed by atoms with Crippen LogP contribution in [-0.2, 0) is 11.3 Å². The van der Waals surface area contributed by atoms with Crippen LogP contribution >= 0.6 is 0 Å². The number of anilines is 1. The number of benzene rings is 1. The molecule has 1 heterocycles. The molecule has 1 aromatic carbocycles. The molecular formula is C13H18FN3O. The number of carbonyl (C=O) groups is 1. The van der Waals surface area contributed by atoms with E-state index in [4.69, 9.17) is 5.73 Å². The van der Waals surface area contributed by atoms with Crippen LogP contribution in [0.1, 0.15) is 18.4 Å². The lowest BCUT2D eigenvalue weighted by molar-refractivity contribution is -0.125. The first-order valence-corrected chi connectivity index (χ1v) is 6.20. The van der Waals surface area contributed by atoms with Gasteiger partial charge in [0.25, 0.3) is 0 Å². The molecule has 1 fully saturated rings. The minimum absolute atomic E-state index is 0.0112. The zero-order valence-electron chi connectivity index (χ0n) is 10.2. The van der Waals surface area contributed by atoms with Gasteiger partial charge in [0.05, 0.1) is 11.6 Å². The van der Waals surface area contributed by atoms with Crippen molar-refractivity contribution in [2.24, 2.45) is 5.92 Å². The number of hydrogen-bond acceptors (Lipinski definition) is 3. The first-order chi connectivity index (χ1) is 8.68. The molecule has 18 heavy (non-hydrogen) atoms. The van der Waals surface area contributed by atoms with E-state index in [-0.39, 0.29) is 24.1 Å². The topological polar surface area (TPSA) is 67.1 Å². The highest BCUT2D eigenvalue weighted by Gasteiger charge is 2.20. The number of rotatable bonds is 3. The standard InChI is InChI=1S/C13H18FN3O/c14-12-9(3-1-5-11(12)15)8-17-13(18)10-4-2-6-16-7-10/h1,3,5,10,16H,2,4,6-8,15H2,(H,17,18). The maximum absolute atomic E-state index is 13.6. The Balaban J connectivity index is 1.90. The van der Waals surface area contributed by atoms with Crippen LogP contribution in [-0.4, -0.2) is 19.0 Å². The quantitative estimate of drug-likeness (QED) is 0.703. The Morgan fingerprint density at radius 3 is 3.11 bits per heavy atom. The zero-order valence-corrected chi connectivity index (χ0v) is 10.2. The fourth-order valence-corrected chi connectivity index (χ4v) is 2.14. The van der Waals surface area contributed by atoms with Gasteiger partial charge in [-0.3, -0.25) is 4.79 Å². The number of carbonyl (C=O) groups excluding carboxylic acids is 1. The van der Waals surface area contributed by atoms with Gasteiger partial charge < -0.3 is 16.4 Å². The van der Waals surface area contributed by atoms with Gasteiger partial charge in [0.1, 0.15) is 0 Å². The van der Waals surface area contributed by atoms with Crippen LogP contribution in [0.5, 0.6) is 0 Å². The van der Waals surface area contributed by atoms with Crippen molar-refractivity contribution >= 4 is 11.6 Å². The fourth-order valence-electron chi connectivity index (χ4n) is 2.14. The molecule has 98 valence electrons. The van der Waals surface area contributed by atoms with Crippen LogP contribution in [0, 0.1) is 11.7 Å². The molecule has 4 nitrogen and oxygen atoms in total. The Morgan fingerprint density at radius 2 is 2.39 bits per heavy atom. The second-order valence-corrected chi connectivity index (χ2v) is 4.58. The molecule has 1 aliphatic heterocycles. The summed E-state index contributed by atoms with van der Waals surface area (Å²) in [5, 5.41) is 5.94. The van der Waals surface area contributed by atoms with E-state index in [0.29, 0.717) is 12.1 Å². The molecule has 0 saturated carbocycles. The number of hydrogen-bond donors (Lipinski definition) is 3. The summed E-state index contributed by atoms with van der Waals surface area (Å²) in [6.07, 6.45) is 1.89. The van der Waals surface area contributed by atoms with Gasteiger partial charge in [-0.15, -0.1) is 0 Å². The van der Waals surface area contributed by atoms with Crippen molar-refractivity contribution in [2.45, 2.75) is 19.4 Å². The van der Waals surface area contributed by atoms with E-state index in [1.54, 1.807) is 12.1 Å². The van der Waals surface area contributed by atoms with Gasteiger partial charge >= 0.3 is 0 Å². The second-order valence-electron chi connectivity index (χ2n) is 4.58. The third kappa shape index (κ3) is 2.98. The van der Waals surface area contributed by atoms with Gasteiger partial charge in [0.15, 0.2) is 5.82 Å². The Kier molecular flexibility index (Phi) is 4.15. The van der Waals surface area contributed by atoms with E-state index in [2.05, 4.69) is 10.6 Å². The van der Waals surface area contributed by atoms with Gasteiger partial charge in [-0.05, 0) is 25.5 Å². The van der Waals surface area contributed by atoms with Gasteiger partial charge in [-0.1, -0.05) is 12.1 Å². The smallest absolute Gasteiger partial charge is 0.224 e. The number of amides is 1. The van der Waals surface area contributed by atoms with Crippen molar-refractivity contribution in [1.29, 1.82) is 0 Å². The Hall–Kier alpha value is -1.62. The second kappa shape index (κ2) is 5.82. The lowest BCUT2D eigenvalue weighted by atomic mass is 9.99. The van der Waals surface area contributed by atoms with Crippen LogP contribution in [0.2, 0.25) is 0 Å². The van der Waals surface area contributed by atoms with Crippen LogP contribution < -0.4 is 16.4 Å². The van der Waals surface area contributed by atoms with Crippen LogP contribution in [0.3, 0.4) is 0 Å². The predicted octanol–water partition coefficient (Wildman–Crippen LogP) is 1.02.